The number of rotatable bonds is 13. The van der Waals surface area contributed by atoms with E-state index in [1.54, 1.807) is 23.5 Å². The Morgan fingerprint density at radius 3 is 1.85 bits per heavy atom. The molecule has 0 fully saturated rings. The molecule has 0 atom stereocenters. The first kappa shape index (κ1) is 19.6. The molecule has 0 aliphatic rings. The minimum atomic E-state index is -0.777. The summed E-state index contributed by atoms with van der Waals surface area (Å²) < 4.78 is -0.0708. The van der Waals surface area contributed by atoms with Gasteiger partial charge in [0.25, 0.3) is 0 Å². The fourth-order valence-electron chi connectivity index (χ4n) is 1.77. The maximum absolute atomic E-state index is 10.6. The van der Waals surface area contributed by atoms with Crippen LogP contribution in [0.3, 0.4) is 0 Å². The summed E-state index contributed by atoms with van der Waals surface area (Å²) in [5, 5.41) is 17.4. The molecule has 2 N–H and O–H groups in total. The van der Waals surface area contributed by atoms with Gasteiger partial charge in [-0.2, -0.15) is 0 Å². The molecule has 0 rings (SSSR count). The summed E-state index contributed by atoms with van der Waals surface area (Å²) in [6.07, 6.45) is 6.03. The maximum atomic E-state index is 10.6. The highest BCUT2D eigenvalue weighted by Gasteiger charge is 2.25. The highest BCUT2D eigenvalue weighted by atomic mass is 32.2. The smallest absolute Gasteiger partial charge is 0.304 e. The molecule has 4 nitrogen and oxygen atoms in total. The second-order valence-electron chi connectivity index (χ2n) is 4.93. The minimum Gasteiger partial charge on any atom is -0.481 e. The summed E-state index contributed by atoms with van der Waals surface area (Å²) in [5.41, 5.74) is 0. The van der Waals surface area contributed by atoms with Crippen LogP contribution in [-0.4, -0.2) is 37.7 Å². The second kappa shape index (κ2) is 11.3. The standard InChI is InChI=1S/C14H26O4S2/c1-3-4-5-6-9-14(2,19-10-7-12(15)16)20-11-8-13(17)18/h3-11H2,1-2H3,(H,15,16)(H,17,18). The van der Waals surface area contributed by atoms with Crippen molar-refractivity contribution in [3.05, 3.63) is 0 Å². The van der Waals surface area contributed by atoms with Crippen LogP contribution in [0.4, 0.5) is 0 Å². The molecule has 6 heteroatoms. The predicted octanol–water partition coefficient (Wildman–Crippen LogP) is 4.09. The third kappa shape index (κ3) is 11.5. The minimum absolute atomic E-state index is 0.0708. The van der Waals surface area contributed by atoms with Crippen LogP contribution in [0.5, 0.6) is 0 Å². The van der Waals surface area contributed by atoms with E-state index < -0.39 is 11.9 Å². The zero-order valence-electron chi connectivity index (χ0n) is 12.4. The van der Waals surface area contributed by atoms with Crippen LogP contribution < -0.4 is 0 Å². The van der Waals surface area contributed by atoms with Crippen LogP contribution in [0.2, 0.25) is 0 Å². The monoisotopic (exact) mass is 322 g/mol. The first-order valence-corrected chi connectivity index (χ1v) is 9.08. The first-order valence-electron chi connectivity index (χ1n) is 7.11. The number of carbonyl (C=O) groups is 2. The van der Waals surface area contributed by atoms with Crippen molar-refractivity contribution in [1.29, 1.82) is 0 Å². The molecule has 0 spiro atoms. The zero-order valence-corrected chi connectivity index (χ0v) is 14.0. The van der Waals surface area contributed by atoms with Gasteiger partial charge in [0.05, 0.1) is 16.9 Å². The van der Waals surface area contributed by atoms with Crippen molar-refractivity contribution in [1.82, 2.24) is 0 Å². The zero-order chi connectivity index (χ0) is 15.4. The van der Waals surface area contributed by atoms with Crippen LogP contribution in [0.25, 0.3) is 0 Å². The van der Waals surface area contributed by atoms with Gasteiger partial charge in [0.15, 0.2) is 0 Å². The Hall–Kier alpha value is -0.360. The van der Waals surface area contributed by atoms with Crippen molar-refractivity contribution in [3.63, 3.8) is 0 Å². The van der Waals surface area contributed by atoms with Gasteiger partial charge < -0.3 is 10.2 Å². The third-order valence-electron chi connectivity index (χ3n) is 2.93. The number of carboxylic acid groups (broad SMARTS) is 2. The molecule has 118 valence electrons. The van der Waals surface area contributed by atoms with Gasteiger partial charge in [0.2, 0.25) is 0 Å². The lowest BCUT2D eigenvalue weighted by molar-refractivity contribution is -0.137. The van der Waals surface area contributed by atoms with Gasteiger partial charge in [-0.1, -0.05) is 32.6 Å². The molecule has 0 saturated heterocycles. The SMILES string of the molecule is CCCCCCC(C)(SCCC(=O)O)SCCC(=O)O. The molecular formula is C14H26O4S2. The molecule has 0 aromatic rings. The van der Waals surface area contributed by atoms with E-state index in [1.807, 2.05) is 0 Å². The topological polar surface area (TPSA) is 74.6 Å². The number of unbranched alkanes of at least 4 members (excludes halogenated alkanes) is 3. The second-order valence-corrected chi connectivity index (χ2v) is 8.38. The van der Waals surface area contributed by atoms with Crippen molar-refractivity contribution in [2.75, 3.05) is 11.5 Å². The first-order chi connectivity index (χ1) is 9.39. The van der Waals surface area contributed by atoms with E-state index in [0.29, 0.717) is 11.5 Å². The van der Waals surface area contributed by atoms with E-state index in [1.165, 1.54) is 19.3 Å². The van der Waals surface area contributed by atoms with Gasteiger partial charge in [-0.15, -0.1) is 23.5 Å². The molecular weight excluding hydrogens is 296 g/mol. The molecule has 0 radical (unpaired) electrons. The largest absolute Gasteiger partial charge is 0.481 e. The van der Waals surface area contributed by atoms with Crippen molar-refractivity contribution >= 4 is 35.5 Å². The summed E-state index contributed by atoms with van der Waals surface area (Å²) >= 11 is 3.30. The molecule has 20 heavy (non-hydrogen) atoms. The Labute approximate surface area is 130 Å². The van der Waals surface area contributed by atoms with Crippen LogP contribution in [0, 0.1) is 0 Å². The molecule has 0 aliphatic carbocycles. The van der Waals surface area contributed by atoms with Crippen molar-refractivity contribution < 1.29 is 19.8 Å². The van der Waals surface area contributed by atoms with Crippen LogP contribution in [0.15, 0.2) is 0 Å². The van der Waals surface area contributed by atoms with Crippen molar-refractivity contribution in [3.8, 4) is 0 Å². The van der Waals surface area contributed by atoms with Crippen LogP contribution in [-0.2, 0) is 9.59 Å². The molecule has 0 amide bonds. The average molecular weight is 322 g/mol. The lowest BCUT2D eigenvalue weighted by atomic mass is 10.1. The maximum Gasteiger partial charge on any atom is 0.304 e. The summed E-state index contributed by atoms with van der Waals surface area (Å²) in [6.45, 7) is 4.28. The highest BCUT2D eigenvalue weighted by molar-refractivity contribution is 8.18. The van der Waals surface area contributed by atoms with Crippen LogP contribution in [0.1, 0.15) is 58.8 Å². The fraction of sp³-hybridized carbons (Fsp3) is 0.857. The summed E-state index contributed by atoms with van der Waals surface area (Å²) in [6, 6.07) is 0. The average Bonchev–Trinajstić information content (AvgIpc) is 2.34. The van der Waals surface area contributed by atoms with Gasteiger partial charge in [-0.25, -0.2) is 0 Å². The Morgan fingerprint density at radius 1 is 0.950 bits per heavy atom. The van der Waals surface area contributed by atoms with E-state index in [4.69, 9.17) is 10.2 Å². The summed E-state index contributed by atoms with van der Waals surface area (Å²) in [7, 11) is 0. The Morgan fingerprint density at radius 2 is 1.45 bits per heavy atom. The Kier molecular flexibility index (Phi) is 11.1. The molecule has 0 unspecified atom stereocenters. The molecule has 0 bridgehead atoms. The quantitative estimate of drug-likeness (QED) is 0.393. The van der Waals surface area contributed by atoms with E-state index in [2.05, 4.69) is 13.8 Å². The third-order valence-corrected chi connectivity index (χ3v) is 6.08. The molecule has 0 heterocycles. The lowest BCUT2D eigenvalue weighted by Gasteiger charge is -2.28. The number of thioether (sulfide) groups is 2. The van der Waals surface area contributed by atoms with Crippen LogP contribution >= 0.6 is 23.5 Å². The van der Waals surface area contributed by atoms with E-state index in [9.17, 15) is 9.59 Å². The van der Waals surface area contributed by atoms with Gasteiger partial charge in [-0.05, 0) is 13.3 Å². The van der Waals surface area contributed by atoms with Gasteiger partial charge >= 0.3 is 11.9 Å². The predicted molar refractivity (Wildman–Crippen MR) is 86.6 cm³/mol. The number of aliphatic carboxylic acids is 2. The Bertz CT molecular complexity index is 275. The van der Waals surface area contributed by atoms with Crippen molar-refractivity contribution in [2.45, 2.75) is 62.9 Å². The van der Waals surface area contributed by atoms with E-state index >= 15 is 0 Å². The van der Waals surface area contributed by atoms with Gasteiger partial charge in [0.1, 0.15) is 0 Å². The summed E-state index contributed by atoms with van der Waals surface area (Å²) in [5.74, 6) is -0.387. The molecule has 0 saturated carbocycles. The normalized spacial score (nSPS) is 11.5. The van der Waals surface area contributed by atoms with Gasteiger partial charge in [-0.3, -0.25) is 9.59 Å². The number of carboxylic acids is 2. The molecule has 0 aromatic carbocycles. The molecule has 0 aromatic heterocycles. The summed E-state index contributed by atoms with van der Waals surface area (Å²) in [4.78, 5) is 21.2. The van der Waals surface area contributed by atoms with Crippen molar-refractivity contribution in [2.24, 2.45) is 0 Å². The molecule has 0 aliphatic heterocycles. The highest BCUT2D eigenvalue weighted by Crippen LogP contribution is 2.42. The van der Waals surface area contributed by atoms with E-state index in [0.717, 1.165) is 12.8 Å². The Balaban J connectivity index is 4.18. The number of hydrogen-bond donors (Lipinski definition) is 2. The fourth-order valence-corrected chi connectivity index (χ4v) is 4.60. The number of hydrogen-bond acceptors (Lipinski definition) is 4. The lowest BCUT2D eigenvalue weighted by Crippen LogP contribution is -2.18. The van der Waals surface area contributed by atoms with E-state index in [-0.39, 0.29) is 16.9 Å². The van der Waals surface area contributed by atoms with Gasteiger partial charge in [0, 0.05) is 11.5 Å².